The lowest BCUT2D eigenvalue weighted by molar-refractivity contribution is -0.117. The fraction of sp³-hybridized carbons (Fsp3) is 0.154. The van der Waals surface area contributed by atoms with Crippen molar-refractivity contribution in [1.29, 1.82) is 0 Å². The second kappa shape index (κ2) is 5.81. The van der Waals surface area contributed by atoms with Crippen molar-refractivity contribution in [1.82, 2.24) is 0 Å². The second-order valence-corrected chi connectivity index (χ2v) is 6.17. The molecule has 0 bridgehead atoms. The van der Waals surface area contributed by atoms with Crippen molar-refractivity contribution in [3.63, 3.8) is 0 Å². The lowest BCUT2D eigenvalue weighted by Gasteiger charge is -2.12. The van der Waals surface area contributed by atoms with Gasteiger partial charge in [-0.05, 0) is 64.7 Å². The van der Waals surface area contributed by atoms with Crippen molar-refractivity contribution in [2.45, 2.75) is 13.0 Å². The van der Waals surface area contributed by atoms with Gasteiger partial charge in [-0.25, -0.2) is 0 Å². The minimum Gasteiger partial charge on any atom is -0.324 e. The molecule has 18 heavy (non-hydrogen) atoms. The van der Waals surface area contributed by atoms with Crippen LogP contribution in [0.2, 0.25) is 0 Å². The summed E-state index contributed by atoms with van der Waals surface area (Å²) in [4.78, 5) is 12.9. The molecule has 1 heterocycles. The first-order valence-corrected chi connectivity index (χ1v) is 7.40. The Kier molecular flexibility index (Phi) is 4.36. The lowest BCUT2D eigenvalue weighted by atomic mass is 10.2. The fourth-order valence-electron chi connectivity index (χ4n) is 1.58. The first kappa shape index (κ1) is 13.5. The summed E-state index contributed by atoms with van der Waals surface area (Å²) < 4.78 is 1.14. The van der Waals surface area contributed by atoms with Crippen LogP contribution in [0.4, 0.5) is 5.69 Å². The van der Waals surface area contributed by atoms with Crippen LogP contribution in [0.3, 0.4) is 0 Å². The van der Waals surface area contributed by atoms with Crippen molar-refractivity contribution in [2.75, 3.05) is 5.32 Å². The van der Waals surface area contributed by atoms with Crippen molar-refractivity contribution in [2.24, 2.45) is 5.73 Å². The van der Waals surface area contributed by atoms with Gasteiger partial charge in [-0.1, -0.05) is 6.07 Å². The van der Waals surface area contributed by atoms with E-state index in [2.05, 4.69) is 27.9 Å². The van der Waals surface area contributed by atoms with Gasteiger partial charge in [-0.2, -0.15) is 0 Å². The van der Waals surface area contributed by atoms with E-state index in [9.17, 15) is 4.79 Å². The van der Waals surface area contributed by atoms with E-state index in [1.165, 1.54) is 11.3 Å². The highest BCUT2D eigenvalue weighted by atomic mass is 127. The van der Waals surface area contributed by atoms with Crippen LogP contribution in [-0.4, -0.2) is 5.91 Å². The molecule has 1 aromatic carbocycles. The molecular weight excluding hydrogens is 359 g/mol. The molecule has 1 amide bonds. The van der Waals surface area contributed by atoms with E-state index in [1.54, 1.807) is 0 Å². The number of nitrogens with one attached hydrogen (secondary N) is 1. The standard InChI is InChI=1S/C13H13IN2OS/c1-8-7-9(14)4-5-10(8)16-13(17)12(15)11-3-2-6-18-11/h2-7,12H,15H2,1H3,(H,16,17). The highest BCUT2D eigenvalue weighted by Crippen LogP contribution is 2.21. The number of halogens is 1. The summed E-state index contributed by atoms with van der Waals surface area (Å²) in [5.74, 6) is -0.179. The molecule has 2 aromatic rings. The van der Waals surface area contributed by atoms with Crippen LogP contribution in [0.5, 0.6) is 0 Å². The number of benzene rings is 1. The molecule has 1 aromatic heterocycles. The zero-order chi connectivity index (χ0) is 13.1. The van der Waals surface area contributed by atoms with Crippen LogP contribution in [0.15, 0.2) is 35.7 Å². The fourth-order valence-corrected chi connectivity index (χ4v) is 2.95. The van der Waals surface area contributed by atoms with Crippen molar-refractivity contribution in [3.05, 3.63) is 49.7 Å². The number of nitrogens with two attached hydrogens (primary N) is 1. The van der Waals surface area contributed by atoms with Gasteiger partial charge < -0.3 is 11.1 Å². The Morgan fingerprint density at radius 3 is 2.83 bits per heavy atom. The van der Waals surface area contributed by atoms with E-state index >= 15 is 0 Å². The Morgan fingerprint density at radius 2 is 2.22 bits per heavy atom. The van der Waals surface area contributed by atoms with Crippen LogP contribution in [0.25, 0.3) is 0 Å². The van der Waals surface area contributed by atoms with E-state index in [4.69, 9.17) is 5.73 Å². The number of aryl methyl sites for hydroxylation is 1. The third kappa shape index (κ3) is 3.09. The lowest BCUT2D eigenvalue weighted by Crippen LogP contribution is -2.27. The molecule has 0 aliphatic carbocycles. The van der Waals surface area contributed by atoms with E-state index in [0.29, 0.717) is 0 Å². The summed E-state index contributed by atoms with van der Waals surface area (Å²) >= 11 is 3.73. The summed E-state index contributed by atoms with van der Waals surface area (Å²) in [5, 5.41) is 4.78. The van der Waals surface area contributed by atoms with Gasteiger partial charge in [-0.15, -0.1) is 11.3 Å². The Hall–Kier alpha value is -0.920. The third-order valence-electron chi connectivity index (χ3n) is 2.58. The van der Waals surface area contributed by atoms with Gasteiger partial charge in [0, 0.05) is 14.1 Å². The van der Waals surface area contributed by atoms with Crippen molar-refractivity contribution in [3.8, 4) is 0 Å². The molecule has 5 heteroatoms. The van der Waals surface area contributed by atoms with Gasteiger partial charge in [0.15, 0.2) is 0 Å². The quantitative estimate of drug-likeness (QED) is 0.813. The van der Waals surface area contributed by atoms with Crippen molar-refractivity contribution < 1.29 is 4.79 Å². The molecule has 0 fully saturated rings. The predicted molar refractivity (Wildman–Crippen MR) is 83.8 cm³/mol. The van der Waals surface area contributed by atoms with Crippen molar-refractivity contribution >= 4 is 45.5 Å². The molecule has 0 radical (unpaired) electrons. The number of hydrogen-bond acceptors (Lipinski definition) is 3. The Morgan fingerprint density at radius 1 is 1.44 bits per heavy atom. The first-order chi connectivity index (χ1) is 8.58. The third-order valence-corrected chi connectivity index (χ3v) is 4.20. The maximum absolute atomic E-state index is 12.0. The number of amides is 1. The zero-order valence-electron chi connectivity index (χ0n) is 9.81. The predicted octanol–water partition coefficient (Wildman–Crippen LogP) is 3.30. The van der Waals surface area contributed by atoms with Gasteiger partial charge in [0.1, 0.15) is 6.04 Å². The molecule has 2 rings (SSSR count). The van der Waals surface area contributed by atoms with Crippen LogP contribution < -0.4 is 11.1 Å². The molecule has 0 aliphatic heterocycles. The zero-order valence-corrected chi connectivity index (χ0v) is 12.8. The van der Waals surface area contributed by atoms with Crippen LogP contribution in [0.1, 0.15) is 16.5 Å². The van der Waals surface area contributed by atoms with Gasteiger partial charge >= 0.3 is 0 Å². The maximum Gasteiger partial charge on any atom is 0.246 e. The first-order valence-electron chi connectivity index (χ1n) is 5.44. The largest absolute Gasteiger partial charge is 0.324 e. The SMILES string of the molecule is Cc1cc(I)ccc1NC(=O)C(N)c1cccs1. The minimum atomic E-state index is -0.608. The second-order valence-electron chi connectivity index (χ2n) is 3.94. The molecular formula is C13H13IN2OS. The molecule has 0 aliphatic rings. The normalized spacial score (nSPS) is 12.2. The monoisotopic (exact) mass is 372 g/mol. The number of carbonyl (C=O) groups is 1. The molecule has 3 nitrogen and oxygen atoms in total. The molecule has 1 unspecified atom stereocenters. The number of rotatable bonds is 3. The summed E-state index contributed by atoms with van der Waals surface area (Å²) in [7, 11) is 0. The highest BCUT2D eigenvalue weighted by Gasteiger charge is 2.17. The molecule has 3 N–H and O–H groups in total. The number of hydrogen-bond donors (Lipinski definition) is 2. The Balaban J connectivity index is 2.12. The van der Waals surface area contributed by atoms with Gasteiger partial charge in [0.05, 0.1) is 0 Å². The average Bonchev–Trinajstić information content (AvgIpc) is 2.85. The van der Waals surface area contributed by atoms with Gasteiger partial charge in [0.2, 0.25) is 5.91 Å². The molecule has 0 saturated carbocycles. The van der Waals surface area contributed by atoms with E-state index < -0.39 is 6.04 Å². The van der Waals surface area contributed by atoms with Crippen LogP contribution >= 0.6 is 33.9 Å². The number of anilines is 1. The summed E-state index contributed by atoms with van der Waals surface area (Å²) in [6.45, 7) is 1.97. The van der Waals surface area contributed by atoms with E-state index in [0.717, 1.165) is 19.7 Å². The summed E-state index contributed by atoms with van der Waals surface area (Å²) in [5.41, 5.74) is 7.76. The summed E-state index contributed by atoms with van der Waals surface area (Å²) in [6, 6.07) is 9.03. The number of carbonyl (C=O) groups excluding carboxylic acids is 1. The molecule has 0 saturated heterocycles. The maximum atomic E-state index is 12.0. The Bertz CT molecular complexity index is 554. The van der Waals surface area contributed by atoms with Crippen LogP contribution in [0, 0.1) is 10.5 Å². The molecule has 1 atom stereocenters. The minimum absolute atomic E-state index is 0.179. The van der Waals surface area contributed by atoms with Gasteiger partial charge in [0.25, 0.3) is 0 Å². The molecule has 0 spiro atoms. The number of thiophene rings is 1. The smallest absolute Gasteiger partial charge is 0.246 e. The van der Waals surface area contributed by atoms with Gasteiger partial charge in [-0.3, -0.25) is 4.79 Å². The van der Waals surface area contributed by atoms with E-state index in [1.807, 2.05) is 42.6 Å². The topological polar surface area (TPSA) is 55.1 Å². The summed E-state index contributed by atoms with van der Waals surface area (Å²) in [6.07, 6.45) is 0. The molecule has 94 valence electrons. The average molecular weight is 372 g/mol. The van der Waals surface area contributed by atoms with Crippen LogP contribution in [-0.2, 0) is 4.79 Å². The Labute approximate surface area is 124 Å². The van der Waals surface area contributed by atoms with E-state index in [-0.39, 0.29) is 5.91 Å². The highest BCUT2D eigenvalue weighted by molar-refractivity contribution is 14.1.